The van der Waals surface area contributed by atoms with Crippen molar-refractivity contribution in [2.45, 2.75) is 55.6 Å². The van der Waals surface area contributed by atoms with E-state index in [9.17, 15) is 48.7 Å². The summed E-state index contributed by atoms with van der Waals surface area (Å²) < 4.78 is 161. The largest absolute Gasteiger partial charge is 0.477 e. The van der Waals surface area contributed by atoms with Crippen LogP contribution < -0.4 is 20.3 Å². The highest BCUT2D eigenvalue weighted by atomic mass is 35.5. The Hall–Kier alpha value is -5.91. The number of H-pyrrole nitrogens is 1. The molecule has 328 valence electrons. The van der Waals surface area contributed by atoms with Crippen molar-refractivity contribution in [2.24, 2.45) is 5.92 Å². The Bertz CT molecular complexity index is 2940. The number of nitrogens with one attached hydrogen (secondary N) is 3. The number of halogens is 10. The third-order valence-corrected chi connectivity index (χ3v) is 11.2. The maximum atomic E-state index is 15.3. The van der Waals surface area contributed by atoms with Gasteiger partial charge in [0.1, 0.15) is 35.4 Å². The lowest BCUT2D eigenvalue weighted by atomic mass is 9.96. The number of fused-ring (bicyclic) bond motifs is 5. The van der Waals surface area contributed by atoms with E-state index < -0.39 is 124 Å². The summed E-state index contributed by atoms with van der Waals surface area (Å²) in [5.74, 6) is -11.8. The van der Waals surface area contributed by atoms with E-state index in [2.05, 4.69) is 35.3 Å². The van der Waals surface area contributed by atoms with Gasteiger partial charge in [-0.05, 0) is 47.7 Å². The monoisotopic (exact) mass is 917 g/mol. The number of pyridine rings is 1. The minimum absolute atomic E-state index is 0.0200. The van der Waals surface area contributed by atoms with Gasteiger partial charge in [-0.3, -0.25) is 28.7 Å². The van der Waals surface area contributed by atoms with E-state index in [1.165, 1.54) is 12.1 Å². The van der Waals surface area contributed by atoms with Crippen molar-refractivity contribution in [3.8, 4) is 11.6 Å². The van der Waals surface area contributed by atoms with E-state index in [0.29, 0.717) is 16.3 Å². The van der Waals surface area contributed by atoms with Crippen LogP contribution in [0.2, 0.25) is 0 Å². The molecule has 4 aromatic heterocycles. The van der Waals surface area contributed by atoms with Gasteiger partial charge in [-0.2, -0.15) is 37.1 Å². The molecular formula is C37H29ClF9N9O5S. The highest BCUT2D eigenvalue weighted by molar-refractivity contribution is 7.92. The topological polar surface area (TPSA) is 179 Å². The fourth-order valence-electron chi connectivity index (χ4n) is 7.74. The quantitative estimate of drug-likeness (QED) is 0.0796. The van der Waals surface area contributed by atoms with Crippen LogP contribution >= 0.6 is 11.6 Å². The van der Waals surface area contributed by atoms with Gasteiger partial charge in [-0.25, -0.2) is 31.0 Å². The molecule has 8 rings (SSSR count). The Morgan fingerprint density at radius 2 is 1.82 bits per heavy atom. The van der Waals surface area contributed by atoms with Crippen LogP contribution in [0.5, 0.6) is 5.88 Å². The molecule has 0 bridgehead atoms. The molecule has 62 heavy (non-hydrogen) atoms. The molecule has 0 radical (unpaired) electrons. The first-order valence-electron chi connectivity index (χ1n) is 18.3. The standard InChI is InChI=1S/C37H29ClF9N9O5S/c1-62(59,60)54-33-26-15(12-38)2-4-23(28(26)51-52-33)56-34(50-32-19(35(56)58)3-5-25(49-32)61-7-6-36(43,44)45)21(16-8-17(39)10-18(40)9-16)13-48-24(57)14-55-30-27(29(53-55)31(41)42)20-11-22(20)37(30,46)47/h2-5,8-10,20-22,31H,6-7,11-14H2,1H3,(H,48,57)(H2,51,52,54)/t20-,21?,22+/m0/s1. The Morgan fingerprint density at radius 3 is 2.48 bits per heavy atom. The number of carbonyl (C=O) groups is 1. The van der Waals surface area contributed by atoms with Gasteiger partial charge in [0.2, 0.25) is 21.8 Å². The lowest BCUT2D eigenvalue weighted by Gasteiger charge is -2.23. The summed E-state index contributed by atoms with van der Waals surface area (Å²) in [4.78, 5) is 36.9. The summed E-state index contributed by atoms with van der Waals surface area (Å²) in [6.07, 6.45) is -8.36. The molecular weight excluding hydrogens is 889 g/mol. The fraction of sp³-hybridized carbons (Fsp3) is 0.351. The third-order valence-electron chi connectivity index (χ3n) is 10.4. The molecule has 0 saturated heterocycles. The average Bonchev–Trinajstić information content (AvgIpc) is 3.65. The zero-order chi connectivity index (χ0) is 44.6. The van der Waals surface area contributed by atoms with E-state index in [4.69, 9.17) is 16.3 Å². The first kappa shape index (κ1) is 42.8. The number of anilines is 1. The Kier molecular flexibility index (Phi) is 10.7. The average molecular weight is 918 g/mol. The predicted octanol–water partition coefficient (Wildman–Crippen LogP) is 6.67. The molecule has 3 N–H and O–H groups in total. The lowest BCUT2D eigenvalue weighted by molar-refractivity contribution is -0.139. The van der Waals surface area contributed by atoms with Gasteiger partial charge >= 0.3 is 6.18 Å². The maximum absolute atomic E-state index is 15.3. The number of carbonyl (C=O) groups excluding carboxylic acids is 1. The number of benzene rings is 2. The van der Waals surface area contributed by atoms with E-state index in [1.54, 1.807) is 0 Å². The van der Waals surface area contributed by atoms with Crippen LogP contribution in [0, 0.1) is 17.6 Å². The molecule has 2 aliphatic rings. The van der Waals surface area contributed by atoms with E-state index in [1.807, 2.05) is 0 Å². The van der Waals surface area contributed by atoms with Crippen molar-refractivity contribution in [3.63, 3.8) is 0 Å². The first-order chi connectivity index (χ1) is 29.1. The van der Waals surface area contributed by atoms with Crippen LogP contribution in [0.1, 0.15) is 65.0 Å². The molecule has 3 atom stereocenters. The van der Waals surface area contributed by atoms with E-state index in [-0.39, 0.29) is 51.2 Å². The Balaban J connectivity index is 1.28. The van der Waals surface area contributed by atoms with Crippen LogP contribution in [0.4, 0.5) is 45.3 Å². The Labute approximate surface area is 347 Å². The molecule has 6 aromatic rings. The molecule has 1 amide bonds. The number of aromatic amines is 1. The number of rotatable bonds is 14. The highest BCUT2D eigenvalue weighted by Crippen LogP contribution is 2.68. The van der Waals surface area contributed by atoms with Crippen LogP contribution in [0.15, 0.2) is 47.3 Å². The number of hydrogen-bond acceptors (Lipinski definition) is 9. The molecule has 2 aliphatic carbocycles. The minimum Gasteiger partial charge on any atom is -0.477 e. The third kappa shape index (κ3) is 7.99. The molecule has 1 unspecified atom stereocenters. The summed E-state index contributed by atoms with van der Waals surface area (Å²) in [6, 6.07) is 7.20. The molecule has 1 saturated carbocycles. The first-order valence-corrected chi connectivity index (χ1v) is 20.7. The highest BCUT2D eigenvalue weighted by Gasteiger charge is 2.67. The van der Waals surface area contributed by atoms with Crippen LogP contribution in [0.3, 0.4) is 0 Å². The van der Waals surface area contributed by atoms with E-state index >= 15 is 8.78 Å². The van der Waals surface area contributed by atoms with Gasteiger partial charge < -0.3 is 10.1 Å². The minimum atomic E-state index is -4.59. The summed E-state index contributed by atoms with van der Waals surface area (Å²) in [6.45, 7) is -2.60. The molecule has 25 heteroatoms. The normalized spacial score (nSPS) is 17.4. The summed E-state index contributed by atoms with van der Waals surface area (Å²) >= 11 is 6.20. The maximum Gasteiger partial charge on any atom is 0.392 e. The number of amides is 1. The second-order valence-corrected chi connectivity index (χ2v) is 16.7. The van der Waals surface area contributed by atoms with Gasteiger partial charge in [0.15, 0.2) is 11.5 Å². The van der Waals surface area contributed by atoms with E-state index in [0.717, 1.165) is 35.1 Å². The second kappa shape index (κ2) is 15.5. The fourth-order valence-corrected chi connectivity index (χ4v) is 8.46. The number of aromatic nitrogens is 7. The van der Waals surface area contributed by atoms with Crippen molar-refractivity contribution >= 4 is 55.3 Å². The molecule has 2 aromatic carbocycles. The predicted molar refractivity (Wildman–Crippen MR) is 202 cm³/mol. The number of nitrogens with zero attached hydrogens (tertiary/aromatic N) is 6. The van der Waals surface area contributed by atoms with Crippen molar-refractivity contribution in [3.05, 3.63) is 98.4 Å². The number of alkyl halides is 8. The SMILES string of the molecule is CS(=O)(=O)Nc1n[nH]c2c(-n3c(C(CNC(=O)Cn4nc(C(F)F)c5c4C(F)(F)[C@@H]4C[C@H]54)c4cc(F)cc(F)c4)nc4nc(OCCC(F)(F)F)ccc4c3=O)ccc(CCl)c12. The number of sulfonamides is 1. The van der Waals surface area contributed by atoms with Crippen molar-refractivity contribution in [1.29, 1.82) is 0 Å². The van der Waals surface area contributed by atoms with Gasteiger partial charge in [0.25, 0.3) is 17.9 Å². The summed E-state index contributed by atoms with van der Waals surface area (Å²) in [5, 5.41) is 12.6. The van der Waals surface area contributed by atoms with Gasteiger partial charge in [-0.1, -0.05) is 6.07 Å². The van der Waals surface area contributed by atoms with Crippen LogP contribution in [0.25, 0.3) is 27.6 Å². The zero-order valence-corrected chi connectivity index (χ0v) is 33.1. The van der Waals surface area contributed by atoms with Crippen LogP contribution in [-0.2, 0) is 33.2 Å². The Morgan fingerprint density at radius 1 is 1.10 bits per heavy atom. The van der Waals surface area contributed by atoms with Gasteiger partial charge in [0.05, 0.1) is 47.2 Å². The summed E-state index contributed by atoms with van der Waals surface area (Å²) in [5.41, 5.74) is -3.52. The summed E-state index contributed by atoms with van der Waals surface area (Å²) in [7, 11) is -3.95. The van der Waals surface area contributed by atoms with Gasteiger partial charge in [0, 0.05) is 36.0 Å². The molecule has 0 aliphatic heterocycles. The van der Waals surface area contributed by atoms with Gasteiger partial charge in [-0.15, -0.1) is 11.6 Å². The smallest absolute Gasteiger partial charge is 0.392 e. The number of ether oxygens (including phenoxy) is 1. The van der Waals surface area contributed by atoms with Crippen LogP contribution in [-0.4, -0.2) is 74.4 Å². The second-order valence-electron chi connectivity index (χ2n) is 14.7. The van der Waals surface area contributed by atoms with Crippen molar-refractivity contribution in [1.82, 2.24) is 39.8 Å². The molecule has 0 spiro atoms. The molecule has 14 nitrogen and oxygen atoms in total. The zero-order valence-electron chi connectivity index (χ0n) is 31.5. The molecule has 4 heterocycles. The number of hydrogen-bond donors (Lipinski definition) is 3. The lowest BCUT2D eigenvalue weighted by Crippen LogP contribution is -2.36. The van der Waals surface area contributed by atoms with Crippen molar-refractivity contribution < 1.29 is 57.5 Å². The molecule has 1 fully saturated rings. The van der Waals surface area contributed by atoms with Crippen molar-refractivity contribution in [2.75, 3.05) is 24.1 Å².